The lowest BCUT2D eigenvalue weighted by atomic mass is 10.2. The fourth-order valence-corrected chi connectivity index (χ4v) is 3.12. The minimum Gasteiger partial charge on any atom is -0.505 e. The zero-order chi connectivity index (χ0) is 8.72. The Labute approximate surface area is 93.0 Å². The van der Waals surface area contributed by atoms with E-state index in [4.69, 9.17) is 0 Å². The monoisotopic (exact) mass is 308 g/mol. The van der Waals surface area contributed by atoms with Crippen molar-refractivity contribution in [3.63, 3.8) is 0 Å². The van der Waals surface area contributed by atoms with E-state index >= 15 is 0 Å². The molecule has 1 nitrogen and oxygen atoms in total. The molecule has 1 heterocycles. The van der Waals surface area contributed by atoms with E-state index in [1.165, 1.54) is 11.3 Å². The maximum Gasteiger partial charge on any atom is 0.147 e. The highest BCUT2D eigenvalue weighted by Crippen LogP contribution is 2.40. The molecule has 0 bridgehead atoms. The molecule has 1 N–H and O–H groups in total. The number of rotatable bonds is 0. The minimum absolute atomic E-state index is 0.303. The van der Waals surface area contributed by atoms with Gasteiger partial charge in [0.15, 0.2) is 0 Å². The Bertz CT molecular complexity index is 436. The van der Waals surface area contributed by atoms with Crippen molar-refractivity contribution in [2.45, 2.75) is 4.21 Å². The van der Waals surface area contributed by atoms with Gasteiger partial charge in [0.1, 0.15) is 5.75 Å². The first-order valence-corrected chi connectivity index (χ1v) is 5.63. The van der Waals surface area contributed by atoms with E-state index in [2.05, 4.69) is 35.2 Å². The van der Waals surface area contributed by atoms with Gasteiger partial charge in [0.2, 0.25) is 0 Å². The Kier molecular flexibility index (Phi) is 2.22. The van der Waals surface area contributed by atoms with E-state index in [1.54, 1.807) is 0 Å². The number of thiophene rings is 1. The lowest BCUT2D eigenvalue weighted by molar-refractivity contribution is 0.473. The smallest absolute Gasteiger partial charge is 0.147 e. The lowest BCUT2D eigenvalue weighted by Gasteiger charge is -1.91. The molecule has 0 spiro atoms. The Balaban J connectivity index is 2.95. The van der Waals surface area contributed by atoms with E-state index < -0.39 is 0 Å². The zero-order valence-electron chi connectivity index (χ0n) is 5.91. The Morgan fingerprint density at radius 3 is 2.83 bits per heavy atom. The first-order valence-electron chi connectivity index (χ1n) is 3.29. The van der Waals surface area contributed by atoms with Gasteiger partial charge in [0, 0.05) is 8.96 Å². The summed E-state index contributed by atoms with van der Waals surface area (Å²) in [6.45, 7) is 0. The van der Waals surface area contributed by atoms with Gasteiger partial charge in [-0.2, -0.15) is 0 Å². The Morgan fingerprint density at radius 1 is 1.42 bits per heavy atom. The molecule has 0 saturated heterocycles. The third-order valence-electron chi connectivity index (χ3n) is 1.62. The van der Waals surface area contributed by atoms with Crippen LogP contribution in [0.5, 0.6) is 5.75 Å². The number of hydrogen-bond acceptors (Lipinski definition) is 3. The number of halogens is 1. The molecule has 1 aromatic carbocycles. The molecule has 2 aromatic rings. The third-order valence-corrected chi connectivity index (χ3v) is 4.40. The molecular formula is C8H5IOS2. The van der Waals surface area contributed by atoms with Crippen LogP contribution in [0.15, 0.2) is 22.4 Å². The van der Waals surface area contributed by atoms with E-state index in [0.717, 1.165) is 13.7 Å². The summed E-state index contributed by atoms with van der Waals surface area (Å²) in [6.07, 6.45) is 0. The molecule has 0 saturated carbocycles. The van der Waals surface area contributed by atoms with E-state index in [-0.39, 0.29) is 0 Å². The maximum atomic E-state index is 9.55. The van der Waals surface area contributed by atoms with Crippen molar-refractivity contribution in [3.8, 4) is 5.75 Å². The van der Waals surface area contributed by atoms with Crippen LogP contribution in [0.25, 0.3) is 10.1 Å². The van der Waals surface area contributed by atoms with Crippen molar-refractivity contribution in [3.05, 3.63) is 21.8 Å². The summed E-state index contributed by atoms with van der Waals surface area (Å²) in [4.78, 5) is 0. The van der Waals surface area contributed by atoms with Crippen LogP contribution in [0.4, 0.5) is 0 Å². The van der Waals surface area contributed by atoms with Crippen molar-refractivity contribution in [1.29, 1.82) is 0 Å². The van der Waals surface area contributed by atoms with Crippen LogP contribution in [-0.4, -0.2) is 5.11 Å². The highest BCUT2D eigenvalue weighted by atomic mass is 127. The Hall–Kier alpha value is 0.0600. The third kappa shape index (κ3) is 1.22. The molecule has 2 rings (SSSR count). The highest BCUT2D eigenvalue weighted by Gasteiger charge is 2.09. The van der Waals surface area contributed by atoms with Gasteiger partial charge < -0.3 is 5.11 Å². The number of thiol groups is 1. The van der Waals surface area contributed by atoms with E-state index in [1.807, 2.05) is 18.2 Å². The second-order valence-electron chi connectivity index (χ2n) is 2.37. The van der Waals surface area contributed by atoms with Gasteiger partial charge in [-0.1, -0.05) is 6.07 Å². The van der Waals surface area contributed by atoms with Gasteiger partial charge in [-0.25, -0.2) is 0 Å². The van der Waals surface area contributed by atoms with Crippen molar-refractivity contribution in [2.75, 3.05) is 0 Å². The van der Waals surface area contributed by atoms with Gasteiger partial charge >= 0.3 is 0 Å². The average Bonchev–Trinajstić information content (AvgIpc) is 2.32. The second-order valence-corrected chi connectivity index (χ2v) is 5.30. The van der Waals surface area contributed by atoms with Crippen molar-refractivity contribution < 1.29 is 5.11 Å². The predicted octanol–water partition coefficient (Wildman–Crippen LogP) is 3.50. The quantitative estimate of drug-likeness (QED) is 0.564. The molecule has 0 radical (unpaired) electrons. The van der Waals surface area contributed by atoms with Crippen molar-refractivity contribution in [2.24, 2.45) is 0 Å². The van der Waals surface area contributed by atoms with Crippen molar-refractivity contribution in [1.82, 2.24) is 0 Å². The van der Waals surface area contributed by atoms with Crippen LogP contribution in [0.3, 0.4) is 0 Å². The average molecular weight is 308 g/mol. The summed E-state index contributed by atoms with van der Waals surface area (Å²) in [6, 6.07) is 5.86. The van der Waals surface area contributed by atoms with Gasteiger partial charge in [-0.05, 0) is 34.7 Å². The molecule has 62 valence electrons. The van der Waals surface area contributed by atoms with Gasteiger partial charge in [0.25, 0.3) is 0 Å². The van der Waals surface area contributed by atoms with Crippen LogP contribution >= 0.6 is 46.6 Å². The first-order chi connectivity index (χ1) is 5.70. The van der Waals surface area contributed by atoms with Crippen LogP contribution in [-0.2, 0) is 0 Å². The SMILES string of the molecule is Oc1c(S)sc2c(I)cccc12. The van der Waals surface area contributed by atoms with Gasteiger partial charge in [0.05, 0.1) is 8.91 Å². The predicted molar refractivity (Wildman–Crippen MR) is 63.5 cm³/mol. The number of aromatic hydroxyl groups is 1. The standard InChI is InChI=1S/C8H5IOS2/c9-5-3-1-2-4-6(10)8(11)12-7(4)5/h1-3,10-11H. The molecule has 0 fully saturated rings. The van der Waals surface area contributed by atoms with Gasteiger partial charge in [-0.3, -0.25) is 0 Å². The number of fused-ring (bicyclic) bond motifs is 1. The number of benzene rings is 1. The van der Waals surface area contributed by atoms with Crippen LogP contribution < -0.4 is 0 Å². The van der Waals surface area contributed by atoms with Crippen LogP contribution in [0.1, 0.15) is 0 Å². The summed E-state index contributed by atoms with van der Waals surface area (Å²) in [5, 5.41) is 10.5. The summed E-state index contributed by atoms with van der Waals surface area (Å²) >= 11 is 7.93. The molecule has 12 heavy (non-hydrogen) atoms. The second kappa shape index (κ2) is 3.08. The molecular weight excluding hydrogens is 303 g/mol. The summed E-state index contributed by atoms with van der Waals surface area (Å²) in [5.74, 6) is 0.303. The van der Waals surface area contributed by atoms with Gasteiger partial charge in [-0.15, -0.1) is 24.0 Å². The number of hydrogen-bond donors (Lipinski definition) is 2. The summed E-state index contributed by atoms with van der Waals surface area (Å²) < 4.78 is 2.96. The molecule has 0 unspecified atom stereocenters. The molecule has 0 aliphatic carbocycles. The first kappa shape index (κ1) is 8.65. The fraction of sp³-hybridized carbons (Fsp3) is 0. The molecule has 0 aliphatic heterocycles. The Morgan fingerprint density at radius 2 is 2.17 bits per heavy atom. The maximum absolute atomic E-state index is 9.55. The van der Waals surface area contributed by atoms with Crippen LogP contribution in [0, 0.1) is 3.57 Å². The van der Waals surface area contributed by atoms with E-state index in [0.29, 0.717) is 9.96 Å². The molecule has 0 atom stereocenters. The zero-order valence-corrected chi connectivity index (χ0v) is 9.78. The summed E-state index contributed by atoms with van der Waals surface area (Å²) in [7, 11) is 0. The van der Waals surface area contributed by atoms with E-state index in [9.17, 15) is 5.11 Å². The molecule has 0 amide bonds. The lowest BCUT2D eigenvalue weighted by Crippen LogP contribution is -1.68. The highest BCUT2D eigenvalue weighted by molar-refractivity contribution is 14.1. The summed E-state index contributed by atoms with van der Waals surface area (Å²) in [5.41, 5.74) is 0. The largest absolute Gasteiger partial charge is 0.505 e. The van der Waals surface area contributed by atoms with Crippen LogP contribution in [0.2, 0.25) is 0 Å². The van der Waals surface area contributed by atoms with Crippen molar-refractivity contribution >= 4 is 56.6 Å². The topological polar surface area (TPSA) is 20.2 Å². The molecule has 0 aliphatic rings. The molecule has 1 aromatic heterocycles. The minimum atomic E-state index is 0.303. The fourth-order valence-electron chi connectivity index (χ4n) is 1.06. The molecule has 4 heteroatoms. The normalized spacial score (nSPS) is 10.8.